The van der Waals surface area contributed by atoms with Crippen molar-refractivity contribution in [3.63, 3.8) is 0 Å². The van der Waals surface area contributed by atoms with E-state index in [2.05, 4.69) is 0 Å². The van der Waals surface area contributed by atoms with Crippen molar-refractivity contribution in [1.82, 2.24) is 4.57 Å². The van der Waals surface area contributed by atoms with E-state index < -0.39 is 0 Å². The quantitative estimate of drug-likeness (QED) is 0.660. The fourth-order valence-corrected chi connectivity index (χ4v) is 1.86. The molecule has 1 aromatic carbocycles. The first-order valence-corrected chi connectivity index (χ1v) is 6.31. The highest BCUT2D eigenvalue weighted by Crippen LogP contribution is 2.14. The molecule has 0 unspecified atom stereocenters. The number of benzene rings is 1. The first-order chi connectivity index (χ1) is 9.16. The summed E-state index contributed by atoms with van der Waals surface area (Å²) in [5.74, 6) is 0.761. The number of nitrogens with zero attached hydrogens (tertiary/aromatic N) is 1. The molecule has 0 amide bonds. The summed E-state index contributed by atoms with van der Waals surface area (Å²) in [5.41, 5.74) is 7.18. The van der Waals surface area contributed by atoms with Gasteiger partial charge >= 0.3 is 0 Å². The van der Waals surface area contributed by atoms with Gasteiger partial charge in [-0.2, -0.15) is 0 Å². The van der Waals surface area contributed by atoms with E-state index in [-0.39, 0.29) is 5.56 Å². The van der Waals surface area contributed by atoms with Crippen LogP contribution in [0.4, 0.5) is 5.69 Å². The molecule has 4 nitrogen and oxygen atoms in total. The summed E-state index contributed by atoms with van der Waals surface area (Å²) in [7, 11) is 0. The third-order valence-corrected chi connectivity index (χ3v) is 2.88. The van der Waals surface area contributed by atoms with E-state index in [0.29, 0.717) is 18.8 Å². The second-order valence-electron chi connectivity index (χ2n) is 4.46. The molecule has 1 aromatic heterocycles. The molecule has 100 valence electrons. The number of ether oxygens (including phenoxy) is 1. The lowest BCUT2D eigenvalue weighted by molar-refractivity contribution is 0.301. The van der Waals surface area contributed by atoms with Gasteiger partial charge in [0.25, 0.3) is 5.56 Å². The molecular weight excluding hydrogens is 240 g/mol. The first kappa shape index (κ1) is 13.2. The standard InChI is InChI=1S/C15H18N2O2/c1-12-5-3-8-17(15(12)18)9-4-10-19-14-7-2-6-13(16)11-14/h2-3,5-8,11H,4,9-10,16H2,1H3. The number of nitrogens with two attached hydrogens (primary N) is 1. The molecule has 0 fully saturated rings. The smallest absolute Gasteiger partial charge is 0.253 e. The van der Waals surface area contributed by atoms with Gasteiger partial charge in [-0.25, -0.2) is 0 Å². The summed E-state index contributed by atoms with van der Waals surface area (Å²) < 4.78 is 7.29. The minimum atomic E-state index is 0.0615. The number of nitrogen functional groups attached to an aromatic ring is 1. The van der Waals surface area contributed by atoms with Crippen molar-refractivity contribution in [2.75, 3.05) is 12.3 Å². The second kappa shape index (κ2) is 6.09. The minimum absolute atomic E-state index is 0.0615. The molecule has 2 N–H and O–H groups in total. The molecule has 0 aliphatic carbocycles. The van der Waals surface area contributed by atoms with Crippen molar-refractivity contribution < 1.29 is 4.74 Å². The number of pyridine rings is 1. The van der Waals surface area contributed by atoms with Crippen LogP contribution >= 0.6 is 0 Å². The van der Waals surface area contributed by atoms with Crippen molar-refractivity contribution in [1.29, 1.82) is 0 Å². The summed E-state index contributed by atoms with van der Waals surface area (Å²) >= 11 is 0. The Balaban J connectivity index is 1.84. The Labute approximate surface area is 112 Å². The van der Waals surface area contributed by atoms with E-state index in [4.69, 9.17) is 10.5 Å². The zero-order valence-corrected chi connectivity index (χ0v) is 11.0. The molecule has 2 aromatic rings. The molecule has 4 heteroatoms. The molecular formula is C15H18N2O2. The summed E-state index contributed by atoms with van der Waals surface area (Å²) in [6.45, 7) is 3.04. The van der Waals surface area contributed by atoms with Gasteiger partial charge in [0, 0.05) is 30.1 Å². The van der Waals surface area contributed by atoms with E-state index in [0.717, 1.165) is 17.7 Å². The highest BCUT2D eigenvalue weighted by molar-refractivity contribution is 5.43. The third kappa shape index (κ3) is 3.61. The summed E-state index contributed by atoms with van der Waals surface area (Å²) in [6, 6.07) is 11.0. The normalized spacial score (nSPS) is 10.4. The van der Waals surface area contributed by atoms with E-state index in [1.165, 1.54) is 0 Å². The topological polar surface area (TPSA) is 57.2 Å². The van der Waals surface area contributed by atoms with E-state index in [1.807, 2.05) is 37.3 Å². The van der Waals surface area contributed by atoms with Crippen molar-refractivity contribution in [3.05, 3.63) is 58.5 Å². The number of anilines is 1. The van der Waals surface area contributed by atoms with Crippen LogP contribution in [-0.4, -0.2) is 11.2 Å². The lowest BCUT2D eigenvalue weighted by atomic mass is 10.3. The number of hydrogen-bond donors (Lipinski definition) is 1. The fourth-order valence-electron chi connectivity index (χ4n) is 1.86. The van der Waals surface area contributed by atoms with Crippen molar-refractivity contribution in [2.45, 2.75) is 19.9 Å². The van der Waals surface area contributed by atoms with Crippen LogP contribution in [0.3, 0.4) is 0 Å². The van der Waals surface area contributed by atoms with Gasteiger partial charge in [-0.3, -0.25) is 4.79 Å². The molecule has 0 aliphatic heterocycles. The monoisotopic (exact) mass is 258 g/mol. The van der Waals surface area contributed by atoms with Crippen LogP contribution in [0.5, 0.6) is 5.75 Å². The lowest BCUT2D eigenvalue weighted by Gasteiger charge is -2.08. The summed E-state index contributed by atoms with van der Waals surface area (Å²) in [5, 5.41) is 0. The van der Waals surface area contributed by atoms with Gasteiger partial charge in [0.05, 0.1) is 6.61 Å². The van der Waals surface area contributed by atoms with Gasteiger partial charge in [-0.15, -0.1) is 0 Å². The molecule has 0 saturated carbocycles. The van der Waals surface area contributed by atoms with Crippen LogP contribution in [0.2, 0.25) is 0 Å². The van der Waals surface area contributed by atoms with Crippen molar-refractivity contribution in [2.24, 2.45) is 0 Å². The molecule has 0 spiro atoms. The van der Waals surface area contributed by atoms with E-state index >= 15 is 0 Å². The Morgan fingerprint density at radius 3 is 2.89 bits per heavy atom. The zero-order chi connectivity index (χ0) is 13.7. The Hall–Kier alpha value is -2.23. The molecule has 0 aliphatic rings. The number of aryl methyl sites for hydroxylation is 2. The molecule has 2 rings (SSSR count). The predicted molar refractivity (Wildman–Crippen MR) is 76.4 cm³/mol. The maximum absolute atomic E-state index is 11.8. The van der Waals surface area contributed by atoms with Gasteiger partial charge in [0.2, 0.25) is 0 Å². The van der Waals surface area contributed by atoms with Crippen LogP contribution in [0.1, 0.15) is 12.0 Å². The second-order valence-corrected chi connectivity index (χ2v) is 4.46. The van der Waals surface area contributed by atoms with Crippen LogP contribution in [0, 0.1) is 6.92 Å². The fraction of sp³-hybridized carbons (Fsp3) is 0.267. The maximum atomic E-state index is 11.8. The van der Waals surface area contributed by atoms with Gasteiger partial charge in [0.15, 0.2) is 0 Å². The highest BCUT2D eigenvalue weighted by Gasteiger charge is 1.99. The summed E-state index contributed by atoms with van der Waals surface area (Å²) in [6.07, 6.45) is 2.58. The number of rotatable bonds is 5. The van der Waals surface area contributed by atoms with Gasteiger partial charge in [0.1, 0.15) is 5.75 Å². The number of hydrogen-bond acceptors (Lipinski definition) is 3. The molecule has 0 atom stereocenters. The average Bonchev–Trinajstić information content (AvgIpc) is 2.39. The highest BCUT2D eigenvalue weighted by atomic mass is 16.5. The maximum Gasteiger partial charge on any atom is 0.253 e. The third-order valence-electron chi connectivity index (χ3n) is 2.88. The van der Waals surface area contributed by atoms with Crippen LogP contribution in [0.25, 0.3) is 0 Å². The summed E-state index contributed by atoms with van der Waals surface area (Å²) in [4.78, 5) is 11.8. The first-order valence-electron chi connectivity index (χ1n) is 6.31. The SMILES string of the molecule is Cc1cccn(CCCOc2cccc(N)c2)c1=O. The van der Waals surface area contributed by atoms with E-state index in [1.54, 1.807) is 16.8 Å². The lowest BCUT2D eigenvalue weighted by Crippen LogP contribution is -2.22. The van der Waals surface area contributed by atoms with Crippen LogP contribution in [-0.2, 0) is 6.54 Å². The Morgan fingerprint density at radius 1 is 1.26 bits per heavy atom. The van der Waals surface area contributed by atoms with Crippen LogP contribution < -0.4 is 16.0 Å². The zero-order valence-electron chi connectivity index (χ0n) is 11.0. The average molecular weight is 258 g/mol. The molecule has 0 bridgehead atoms. The van der Waals surface area contributed by atoms with Crippen molar-refractivity contribution in [3.8, 4) is 5.75 Å². The van der Waals surface area contributed by atoms with Gasteiger partial charge < -0.3 is 15.0 Å². The number of aromatic nitrogens is 1. The molecule has 0 saturated heterocycles. The largest absolute Gasteiger partial charge is 0.493 e. The van der Waals surface area contributed by atoms with Crippen LogP contribution in [0.15, 0.2) is 47.4 Å². The van der Waals surface area contributed by atoms with E-state index in [9.17, 15) is 4.79 Å². The molecule has 0 radical (unpaired) electrons. The van der Waals surface area contributed by atoms with Crippen molar-refractivity contribution >= 4 is 5.69 Å². The Kier molecular flexibility index (Phi) is 4.23. The Bertz CT molecular complexity index is 605. The van der Waals surface area contributed by atoms with Gasteiger partial charge in [-0.05, 0) is 31.5 Å². The molecule has 19 heavy (non-hydrogen) atoms. The predicted octanol–water partition coefficient (Wildman–Crippen LogP) is 2.21. The minimum Gasteiger partial charge on any atom is -0.493 e. The Morgan fingerprint density at radius 2 is 2.11 bits per heavy atom. The molecule has 1 heterocycles. The van der Waals surface area contributed by atoms with Gasteiger partial charge in [-0.1, -0.05) is 12.1 Å².